The van der Waals surface area contributed by atoms with Crippen molar-refractivity contribution < 1.29 is 31.3 Å². The molecule has 0 saturated carbocycles. The van der Waals surface area contributed by atoms with Gasteiger partial charge in [0.05, 0.1) is 21.2 Å². The highest BCUT2D eigenvalue weighted by Gasteiger charge is 2.35. The van der Waals surface area contributed by atoms with Gasteiger partial charge < -0.3 is 0 Å². The number of rotatable bonds is 6. The molecule has 0 spiro atoms. The molecule has 0 fully saturated rings. The Morgan fingerprint density at radius 3 is 2.18 bits per heavy atom. The molecule has 196 valence electrons. The highest BCUT2D eigenvalue weighted by Crippen LogP contribution is 2.33. The smallest absolute Gasteiger partial charge is 0.268 e. The lowest BCUT2D eigenvalue weighted by Gasteiger charge is -2.10. The van der Waals surface area contributed by atoms with E-state index in [0.717, 1.165) is 34.5 Å². The monoisotopic (exact) mass is 544 g/mol. The number of hydrogen-bond acceptors (Lipinski definition) is 6. The van der Waals surface area contributed by atoms with E-state index in [1.165, 1.54) is 31.2 Å². The molecule has 1 amide bonds. The van der Waals surface area contributed by atoms with Crippen molar-refractivity contribution in [3.05, 3.63) is 105 Å². The minimum Gasteiger partial charge on any atom is -0.268 e. The van der Waals surface area contributed by atoms with Crippen molar-refractivity contribution in [3.63, 3.8) is 0 Å². The standard InChI is InChI=1S/C25H19F3N4O5S/c1-15-3-6-17(7-4-15)22-14-23(25(26,27)28)29-31(22)19-9-11-20(12-10-19)38(36,37)30-24(33)18-8-5-16(2)21(13-18)32(34)35/h3-14H,1-2H3,(H,30,33). The Morgan fingerprint density at radius 1 is 0.974 bits per heavy atom. The molecule has 0 unspecified atom stereocenters. The minimum atomic E-state index is -4.71. The van der Waals surface area contributed by atoms with Crippen LogP contribution < -0.4 is 4.72 Å². The Labute approximate surface area is 214 Å². The maximum absolute atomic E-state index is 13.4. The summed E-state index contributed by atoms with van der Waals surface area (Å²) in [6, 6.07) is 15.9. The van der Waals surface area contributed by atoms with E-state index < -0.39 is 32.7 Å². The second-order valence-corrected chi connectivity index (χ2v) is 10.1. The van der Waals surface area contributed by atoms with Crippen LogP contribution in [-0.4, -0.2) is 29.0 Å². The Kier molecular flexibility index (Phi) is 6.80. The molecule has 9 nitrogen and oxygen atoms in total. The molecule has 3 aromatic carbocycles. The fourth-order valence-corrected chi connectivity index (χ4v) is 4.57. The molecule has 0 radical (unpaired) electrons. The van der Waals surface area contributed by atoms with Crippen LogP contribution in [0.25, 0.3) is 16.9 Å². The number of amides is 1. The molecule has 4 rings (SSSR count). The van der Waals surface area contributed by atoms with Gasteiger partial charge in [-0.1, -0.05) is 35.9 Å². The first-order valence-electron chi connectivity index (χ1n) is 10.9. The zero-order valence-corrected chi connectivity index (χ0v) is 20.7. The van der Waals surface area contributed by atoms with Crippen molar-refractivity contribution in [2.75, 3.05) is 0 Å². The van der Waals surface area contributed by atoms with Crippen molar-refractivity contribution in [2.45, 2.75) is 24.9 Å². The van der Waals surface area contributed by atoms with E-state index in [4.69, 9.17) is 0 Å². The van der Waals surface area contributed by atoms with E-state index in [1.807, 2.05) is 11.6 Å². The summed E-state index contributed by atoms with van der Waals surface area (Å²) in [6.07, 6.45) is -4.71. The number of alkyl halides is 3. The van der Waals surface area contributed by atoms with Crippen molar-refractivity contribution in [1.82, 2.24) is 14.5 Å². The highest BCUT2D eigenvalue weighted by atomic mass is 32.2. The predicted molar refractivity (Wildman–Crippen MR) is 131 cm³/mol. The van der Waals surface area contributed by atoms with Crippen molar-refractivity contribution in [3.8, 4) is 16.9 Å². The number of sulfonamides is 1. The van der Waals surface area contributed by atoms with Gasteiger partial charge in [-0.05, 0) is 50.2 Å². The van der Waals surface area contributed by atoms with E-state index in [-0.39, 0.29) is 27.5 Å². The molecule has 0 aliphatic carbocycles. The summed E-state index contributed by atoms with van der Waals surface area (Å²) in [6.45, 7) is 3.31. The molecular weight excluding hydrogens is 525 g/mol. The second-order valence-electron chi connectivity index (χ2n) is 8.38. The van der Waals surface area contributed by atoms with Gasteiger partial charge in [-0.15, -0.1) is 0 Å². The third kappa shape index (κ3) is 5.42. The molecule has 0 aliphatic rings. The average Bonchev–Trinajstić information content (AvgIpc) is 3.30. The lowest BCUT2D eigenvalue weighted by molar-refractivity contribution is -0.385. The maximum Gasteiger partial charge on any atom is 0.435 e. The van der Waals surface area contributed by atoms with Crippen LogP contribution in [0.15, 0.2) is 77.7 Å². The Morgan fingerprint density at radius 2 is 1.61 bits per heavy atom. The lowest BCUT2D eigenvalue weighted by Crippen LogP contribution is -2.30. The average molecular weight is 545 g/mol. The van der Waals surface area contributed by atoms with Gasteiger partial charge in [0.25, 0.3) is 21.6 Å². The van der Waals surface area contributed by atoms with Crippen LogP contribution in [0.1, 0.15) is 27.2 Å². The fourth-order valence-electron chi connectivity index (χ4n) is 3.60. The third-order valence-electron chi connectivity index (χ3n) is 5.63. The number of aryl methyl sites for hydroxylation is 2. The predicted octanol–water partition coefficient (Wildman–Crippen LogP) is 5.20. The summed E-state index contributed by atoms with van der Waals surface area (Å²) >= 11 is 0. The molecule has 1 N–H and O–H groups in total. The van der Waals surface area contributed by atoms with Gasteiger partial charge >= 0.3 is 6.18 Å². The van der Waals surface area contributed by atoms with Gasteiger partial charge in [-0.25, -0.2) is 17.8 Å². The topological polar surface area (TPSA) is 124 Å². The fraction of sp³-hybridized carbons (Fsp3) is 0.120. The largest absolute Gasteiger partial charge is 0.435 e. The SMILES string of the molecule is Cc1ccc(-c2cc(C(F)(F)F)nn2-c2ccc(S(=O)(=O)NC(=O)c3ccc(C)c([N+](=O)[O-])c3)cc2)cc1. The zero-order valence-electron chi connectivity index (χ0n) is 19.9. The minimum absolute atomic E-state index is 0.141. The quantitative estimate of drug-likeness (QED) is 0.263. The van der Waals surface area contributed by atoms with Crippen molar-refractivity contribution >= 4 is 21.6 Å². The molecule has 0 aliphatic heterocycles. The Balaban J connectivity index is 1.65. The summed E-state index contributed by atoms with van der Waals surface area (Å²) in [5.74, 6) is -1.08. The van der Waals surface area contributed by atoms with Crippen LogP contribution in [0.5, 0.6) is 0 Å². The first-order chi connectivity index (χ1) is 17.8. The van der Waals surface area contributed by atoms with E-state index in [2.05, 4.69) is 5.10 Å². The number of benzene rings is 3. The first-order valence-corrected chi connectivity index (χ1v) is 12.4. The number of nitro groups is 1. The summed E-state index contributed by atoms with van der Waals surface area (Å²) in [7, 11) is -4.41. The van der Waals surface area contributed by atoms with Crippen LogP contribution in [0.4, 0.5) is 18.9 Å². The van der Waals surface area contributed by atoms with Crippen molar-refractivity contribution in [1.29, 1.82) is 0 Å². The molecule has 1 aromatic heterocycles. The number of nitrogens with one attached hydrogen (secondary N) is 1. The molecule has 1 heterocycles. The van der Waals surface area contributed by atoms with E-state index >= 15 is 0 Å². The summed E-state index contributed by atoms with van der Waals surface area (Å²) < 4.78 is 68.7. The molecule has 4 aromatic rings. The molecule has 13 heteroatoms. The van der Waals surface area contributed by atoms with Crippen molar-refractivity contribution in [2.24, 2.45) is 0 Å². The van der Waals surface area contributed by atoms with Gasteiger partial charge in [0.15, 0.2) is 5.69 Å². The van der Waals surface area contributed by atoms with E-state index in [1.54, 1.807) is 24.3 Å². The highest BCUT2D eigenvalue weighted by molar-refractivity contribution is 7.90. The third-order valence-corrected chi connectivity index (χ3v) is 6.98. The lowest BCUT2D eigenvalue weighted by atomic mass is 10.1. The van der Waals surface area contributed by atoms with Crippen LogP contribution in [-0.2, 0) is 16.2 Å². The number of hydrogen-bond donors (Lipinski definition) is 1. The van der Waals surface area contributed by atoms with Crippen LogP contribution in [0, 0.1) is 24.0 Å². The Bertz CT molecular complexity index is 1650. The normalized spacial score (nSPS) is 11.8. The second kappa shape index (κ2) is 9.74. The molecular formula is C25H19F3N4O5S. The number of carbonyl (C=O) groups is 1. The molecule has 38 heavy (non-hydrogen) atoms. The molecule has 0 saturated heterocycles. The summed E-state index contributed by atoms with van der Waals surface area (Å²) in [5, 5.41) is 14.8. The van der Waals surface area contributed by atoms with Gasteiger partial charge in [0, 0.05) is 22.8 Å². The molecule has 0 atom stereocenters. The number of halogens is 3. The van der Waals surface area contributed by atoms with Crippen LogP contribution in [0.2, 0.25) is 0 Å². The van der Waals surface area contributed by atoms with Crippen LogP contribution in [0.3, 0.4) is 0 Å². The summed E-state index contributed by atoms with van der Waals surface area (Å²) in [4.78, 5) is 22.6. The van der Waals surface area contributed by atoms with Gasteiger partial charge in [-0.3, -0.25) is 14.9 Å². The Hall–Kier alpha value is -4.52. The van der Waals surface area contributed by atoms with E-state index in [0.29, 0.717) is 11.1 Å². The summed E-state index contributed by atoms with van der Waals surface area (Å²) in [5.41, 5.74) is 0.259. The number of carbonyl (C=O) groups excluding carboxylic acids is 1. The van der Waals surface area contributed by atoms with Gasteiger partial charge in [0.2, 0.25) is 0 Å². The maximum atomic E-state index is 13.4. The first kappa shape index (κ1) is 26.5. The molecule has 0 bridgehead atoms. The number of nitrogens with zero attached hydrogens (tertiary/aromatic N) is 3. The van der Waals surface area contributed by atoms with Gasteiger partial charge in [-0.2, -0.15) is 18.3 Å². The number of nitro benzene ring substituents is 1. The van der Waals surface area contributed by atoms with Gasteiger partial charge in [0.1, 0.15) is 0 Å². The number of aromatic nitrogens is 2. The van der Waals surface area contributed by atoms with Crippen LogP contribution >= 0.6 is 0 Å². The zero-order chi connectivity index (χ0) is 27.8. The van der Waals surface area contributed by atoms with E-state index in [9.17, 15) is 36.5 Å².